The van der Waals surface area contributed by atoms with E-state index >= 15 is 0 Å². The van der Waals surface area contributed by atoms with Crippen LogP contribution in [0.3, 0.4) is 0 Å². The fourth-order valence-corrected chi connectivity index (χ4v) is 5.22. The zero-order valence-corrected chi connectivity index (χ0v) is 18.5. The number of sulfonamides is 1. The number of hydrogen-bond acceptors (Lipinski definition) is 6. The number of thiazole rings is 1. The maximum atomic E-state index is 12.7. The van der Waals surface area contributed by atoms with E-state index in [9.17, 15) is 13.2 Å². The van der Waals surface area contributed by atoms with Crippen LogP contribution in [-0.2, 0) is 21.2 Å². The number of likely N-dealkylation sites (tertiary alicyclic amines) is 1. The molecule has 158 valence electrons. The van der Waals surface area contributed by atoms with Crippen LogP contribution in [-0.4, -0.2) is 55.4 Å². The molecule has 9 heteroatoms. The van der Waals surface area contributed by atoms with E-state index in [-0.39, 0.29) is 18.2 Å². The van der Waals surface area contributed by atoms with E-state index in [0.29, 0.717) is 25.8 Å². The van der Waals surface area contributed by atoms with Crippen molar-refractivity contribution in [1.82, 2.24) is 14.6 Å². The quantitative estimate of drug-likeness (QED) is 0.749. The molecule has 1 aliphatic heterocycles. The Morgan fingerprint density at radius 1 is 1.34 bits per heavy atom. The number of nitrogens with zero attached hydrogens (tertiary/aromatic N) is 2. The van der Waals surface area contributed by atoms with Gasteiger partial charge in [0.25, 0.3) is 0 Å². The van der Waals surface area contributed by atoms with Crippen molar-refractivity contribution < 1.29 is 17.9 Å². The van der Waals surface area contributed by atoms with Crippen molar-refractivity contribution in [3.05, 3.63) is 40.7 Å². The first-order chi connectivity index (χ1) is 13.7. The average molecular weight is 438 g/mol. The first-order valence-electron chi connectivity index (χ1n) is 9.67. The van der Waals surface area contributed by atoms with Crippen LogP contribution in [0.1, 0.15) is 31.7 Å². The van der Waals surface area contributed by atoms with Crippen LogP contribution in [0.2, 0.25) is 0 Å². The molecule has 0 saturated carbocycles. The first-order valence-corrected chi connectivity index (χ1v) is 12.4. The lowest BCUT2D eigenvalue weighted by atomic mass is 9.95. The number of carbonyl (C=O) groups excluding carboxylic acids is 1. The highest BCUT2D eigenvalue weighted by Gasteiger charge is 2.37. The van der Waals surface area contributed by atoms with Crippen molar-refractivity contribution in [3.63, 3.8) is 0 Å². The molecule has 1 aromatic heterocycles. The Kier molecular flexibility index (Phi) is 6.92. The van der Waals surface area contributed by atoms with Crippen molar-refractivity contribution >= 4 is 27.5 Å². The standard InChI is InChI=1S/C20H27N3O4S2/c1-14(2)27-20(24)23-11-7-10-16(22-29(3,25)26)18(23)12-19-21-17(13-28-19)15-8-5-4-6-9-15/h4-6,8-9,13-14,16,18,22H,7,10-12H2,1-3H3/t16-,18-/m0/s1. The average Bonchev–Trinajstić information content (AvgIpc) is 3.10. The van der Waals surface area contributed by atoms with Gasteiger partial charge in [-0.3, -0.25) is 0 Å². The van der Waals surface area contributed by atoms with Gasteiger partial charge in [-0.2, -0.15) is 0 Å². The summed E-state index contributed by atoms with van der Waals surface area (Å²) in [6, 6.07) is 9.16. The molecule has 1 aliphatic rings. The maximum Gasteiger partial charge on any atom is 0.410 e. The van der Waals surface area contributed by atoms with Crippen LogP contribution < -0.4 is 4.72 Å². The first kappa shape index (κ1) is 21.7. The van der Waals surface area contributed by atoms with Crippen molar-refractivity contribution in [2.45, 2.75) is 51.3 Å². The number of aromatic nitrogens is 1. The highest BCUT2D eigenvalue weighted by Crippen LogP contribution is 2.27. The number of ether oxygens (including phenoxy) is 1. The molecule has 0 unspecified atom stereocenters. The molecule has 0 spiro atoms. The van der Waals surface area contributed by atoms with Gasteiger partial charge in [-0.15, -0.1) is 11.3 Å². The fraction of sp³-hybridized carbons (Fsp3) is 0.500. The monoisotopic (exact) mass is 437 g/mol. The Labute approximate surface area is 176 Å². The number of carbonyl (C=O) groups is 1. The molecule has 0 bridgehead atoms. The van der Waals surface area contributed by atoms with E-state index in [1.54, 1.807) is 18.7 Å². The SMILES string of the molecule is CC(C)OC(=O)N1CCC[C@H](NS(C)(=O)=O)[C@@H]1Cc1nc(-c2ccccc2)cs1. The summed E-state index contributed by atoms with van der Waals surface area (Å²) in [5.74, 6) is 0. The lowest BCUT2D eigenvalue weighted by Gasteiger charge is -2.40. The lowest BCUT2D eigenvalue weighted by Crippen LogP contribution is -2.58. The van der Waals surface area contributed by atoms with Gasteiger partial charge < -0.3 is 9.64 Å². The molecule has 1 fully saturated rings. The zero-order chi connectivity index (χ0) is 21.0. The summed E-state index contributed by atoms with van der Waals surface area (Å²) >= 11 is 1.52. The highest BCUT2D eigenvalue weighted by molar-refractivity contribution is 7.88. The Morgan fingerprint density at radius 3 is 2.72 bits per heavy atom. The largest absolute Gasteiger partial charge is 0.447 e. The van der Waals surface area contributed by atoms with Gasteiger partial charge in [0.2, 0.25) is 10.0 Å². The number of nitrogens with one attached hydrogen (secondary N) is 1. The van der Waals surface area contributed by atoms with Gasteiger partial charge in [0.05, 0.1) is 29.1 Å². The van der Waals surface area contributed by atoms with Crippen LogP contribution in [0.5, 0.6) is 0 Å². The molecule has 1 saturated heterocycles. The fourth-order valence-electron chi connectivity index (χ4n) is 3.54. The van der Waals surface area contributed by atoms with Gasteiger partial charge in [0.15, 0.2) is 0 Å². The summed E-state index contributed by atoms with van der Waals surface area (Å²) in [4.78, 5) is 19.0. The lowest BCUT2D eigenvalue weighted by molar-refractivity contribution is 0.0461. The minimum absolute atomic E-state index is 0.240. The third kappa shape index (κ3) is 6.01. The summed E-state index contributed by atoms with van der Waals surface area (Å²) in [6.07, 6.45) is 2.34. The van der Waals surface area contributed by atoms with Crippen molar-refractivity contribution in [2.24, 2.45) is 0 Å². The molecule has 0 aliphatic carbocycles. The number of amides is 1. The van der Waals surface area contributed by atoms with Gasteiger partial charge in [0, 0.05) is 30.0 Å². The van der Waals surface area contributed by atoms with Crippen LogP contribution >= 0.6 is 11.3 Å². The molecule has 2 atom stereocenters. The summed E-state index contributed by atoms with van der Waals surface area (Å²) in [5, 5.41) is 2.85. The van der Waals surface area contributed by atoms with E-state index in [0.717, 1.165) is 22.5 Å². The molecule has 0 radical (unpaired) electrons. The van der Waals surface area contributed by atoms with E-state index in [1.165, 1.54) is 11.3 Å². The van der Waals surface area contributed by atoms with E-state index in [4.69, 9.17) is 9.72 Å². The maximum absolute atomic E-state index is 12.7. The smallest absolute Gasteiger partial charge is 0.410 e. The van der Waals surface area contributed by atoms with E-state index < -0.39 is 16.1 Å². The predicted octanol–water partition coefficient (Wildman–Crippen LogP) is 3.28. The second-order valence-electron chi connectivity index (χ2n) is 7.53. The van der Waals surface area contributed by atoms with Crippen LogP contribution in [0.15, 0.2) is 35.7 Å². The number of rotatable bonds is 6. The summed E-state index contributed by atoms with van der Waals surface area (Å²) < 4.78 is 31.9. The molecule has 3 rings (SSSR count). The Balaban J connectivity index is 1.84. The molecule has 1 amide bonds. The summed E-state index contributed by atoms with van der Waals surface area (Å²) in [5.41, 5.74) is 1.91. The second-order valence-corrected chi connectivity index (χ2v) is 10.3. The molecule has 29 heavy (non-hydrogen) atoms. The minimum atomic E-state index is -3.40. The number of benzene rings is 1. The molecule has 7 nitrogen and oxygen atoms in total. The summed E-state index contributed by atoms with van der Waals surface area (Å²) in [7, 11) is -3.40. The van der Waals surface area contributed by atoms with Crippen LogP contribution in [0.4, 0.5) is 4.79 Å². The normalized spacial score (nSPS) is 20.1. The topological polar surface area (TPSA) is 88.6 Å². The van der Waals surface area contributed by atoms with Crippen LogP contribution in [0, 0.1) is 0 Å². The zero-order valence-electron chi connectivity index (χ0n) is 16.9. The second kappa shape index (κ2) is 9.23. The van der Waals surface area contributed by atoms with Crippen molar-refractivity contribution in [3.8, 4) is 11.3 Å². The molecule has 1 N–H and O–H groups in total. The van der Waals surface area contributed by atoms with Gasteiger partial charge >= 0.3 is 6.09 Å². The van der Waals surface area contributed by atoms with E-state index in [1.807, 2.05) is 35.7 Å². The minimum Gasteiger partial charge on any atom is -0.447 e. The summed E-state index contributed by atoms with van der Waals surface area (Å²) in [6.45, 7) is 4.14. The Morgan fingerprint density at radius 2 is 2.07 bits per heavy atom. The van der Waals surface area contributed by atoms with Crippen molar-refractivity contribution in [1.29, 1.82) is 0 Å². The molecule has 2 heterocycles. The van der Waals surface area contributed by atoms with Gasteiger partial charge in [-0.1, -0.05) is 30.3 Å². The molecular formula is C20H27N3O4S2. The number of hydrogen-bond donors (Lipinski definition) is 1. The van der Waals surface area contributed by atoms with Gasteiger partial charge in [-0.25, -0.2) is 22.9 Å². The Bertz CT molecular complexity index is 928. The van der Waals surface area contributed by atoms with Gasteiger partial charge in [-0.05, 0) is 26.7 Å². The highest BCUT2D eigenvalue weighted by atomic mass is 32.2. The number of piperidine rings is 1. The predicted molar refractivity (Wildman–Crippen MR) is 114 cm³/mol. The third-order valence-electron chi connectivity index (χ3n) is 4.72. The molecule has 2 aromatic rings. The van der Waals surface area contributed by atoms with Crippen LogP contribution in [0.25, 0.3) is 11.3 Å². The van der Waals surface area contributed by atoms with E-state index in [2.05, 4.69) is 4.72 Å². The van der Waals surface area contributed by atoms with Crippen molar-refractivity contribution in [2.75, 3.05) is 12.8 Å². The third-order valence-corrected chi connectivity index (χ3v) is 6.32. The molecular weight excluding hydrogens is 410 g/mol. The molecule has 1 aromatic carbocycles. The Hall–Kier alpha value is -1.97. The van der Waals surface area contributed by atoms with Gasteiger partial charge in [0.1, 0.15) is 0 Å².